The van der Waals surface area contributed by atoms with Gasteiger partial charge in [0.05, 0.1) is 16.9 Å². The topological polar surface area (TPSA) is 125 Å². The summed E-state index contributed by atoms with van der Waals surface area (Å²) < 4.78 is 39.2. The Balaban J connectivity index is 1.68. The number of non-ortho nitro benzene ring substituents is 1. The zero-order valence-electron chi connectivity index (χ0n) is 18.9. The van der Waals surface area contributed by atoms with Crippen molar-refractivity contribution >= 4 is 26.8 Å². The highest BCUT2D eigenvalue weighted by atomic mass is 32.2. The van der Waals surface area contributed by atoms with Crippen LogP contribution in [0.5, 0.6) is 5.75 Å². The summed E-state index contributed by atoms with van der Waals surface area (Å²) in [5.74, 6) is 0.717. The molecule has 0 amide bonds. The minimum atomic E-state index is -4.30. The van der Waals surface area contributed by atoms with Crippen molar-refractivity contribution < 1.29 is 22.6 Å². The molecule has 180 valence electrons. The van der Waals surface area contributed by atoms with Gasteiger partial charge in [0, 0.05) is 46.7 Å². The summed E-state index contributed by atoms with van der Waals surface area (Å²) in [4.78, 5) is 15.2. The molecular weight excluding hydrogens is 482 g/mol. The van der Waals surface area contributed by atoms with E-state index in [2.05, 4.69) is 0 Å². The predicted molar refractivity (Wildman–Crippen MR) is 135 cm³/mol. The first-order valence-electron chi connectivity index (χ1n) is 10.7. The van der Waals surface area contributed by atoms with Crippen LogP contribution in [0.1, 0.15) is 0 Å². The molecule has 0 aliphatic rings. The normalized spacial score (nSPS) is 11.5. The molecule has 5 aromatic rings. The fourth-order valence-electron chi connectivity index (χ4n) is 4.02. The van der Waals surface area contributed by atoms with Crippen molar-refractivity contribution in [3.63, 3.8) is 0 Å². The summed E-state index contributed by atoms with van der Waals surface area (Å²) in [6.45, 7) is 0. The molecular formula is C26H19N3O6S. The number of ether oxygens (including phenoxy) is 1. The molecule has 9 nitrogen and oxygen atoms in total. The third-order valence-electron chi connectivity index (χ3n) is 5.87. The Kier molecular flexibility index (Phi) is 5.75. The number of pyridine rings is 1. The van der Waals surface area contributed by atoms with Crippen LogP contribution >= 0.6 is 0 Å². The third-order valence-corrected chi connectivity index (χ3v) is 6.74. The number of fused-ring (bicyclic) bond motifs is 1. The van der Waals surface area contributed by atoms with Gasteiger partial charge in [-0.05, 0) is 65.7 Å². The number of benzene rings is 3. The molecule has 0 aliphatic heterocycles. The largest absolute Gasteiger partial charge is 0.497 e. The maximum absolute atomic E-state index is 11.4. The number of nitrogens with zero attached hydrogens (tertiary/aromatic N) is 3. The van der Waals surface area contributed by atoms with E-state index in [0.717, 1.165) is 33.5 Å². The minimum absolute atomic E-state index is 0.00428. The highest BCUT2D eigenvalue weighted by Crippen LogP contribution is 2.35. The van der Waals surface area contributed by atoms with Crippen LogP contribution in [0.2, 0.25) is 0 Å². The molecule has 2 heterocycles. The number of hydrogen-bond acceptors (Lipinski definition) is 6. The van der Waals surface area contributed by atoms with E-state index in [1.165, 1.54) is 24.3 Å². The van der Waals surface area contributed by atoms with Crippen LogP contribution < -0.4 is 4.74 Å². The first kappa shape index (κ1) is 23.2. The Morgan fingerprint density at radius 3 is 2.14 bits per heavy atom. The molecule has 0 saturated heterocycles. The Morgan fingerprint density at radius 2 is 1.56 bits per heavy atom. The number of rotatable bonds is 6. The van der Waals surface area contributed by atoms with Gasteiger partial charge in [0.2, 0.25) is 0 Å². The van der Waals surface area contributed by atoms with Crippen LogP contribution in [0, 0.1) is 10.1 Å². The SMILES string of the molecule is COc1ccc(-n2cc(-c3ccc([N+](=O)[O-])cc3)c3cc(-c4ccc(S(=O)(=O)O)cc4)cnc32)cc1. The van der Waals surface area contributed by atoms with E-state index in [4.69, 9.17) is 9.72 Å². The van der Waals surface area contributed by atoms with Crippen LogP contribution in [0.4, 0.5) is 5.69 Å². The smallest absolute Gasteiger partial charge is 0.294 e. The first-order valence-corrected chi connectivity index (χ1v) is 12.2. The summed E-state index contributed by atoms with van der Waals surface area (Å²) >= 11 is 0. The van der Waals surface area contributed by atoms with Gasteiger partial charge in [-0.15, -0.1) is 0 Å². The van der Waals surface area contributed by atoms with Crippen molar-refractivity contribution in [1.82, 2.24) is 9.55 Å². The average Bonchev–Trinajstić information content (AvgIpc) is 3.27. The highest BCUT2D eigenvalue weighted by molar-refractivity contribution is 7.85. The van der Waals surface area contributed by atoms with Gasteiger partial charge in [0.1, 0.15) is 11.4 Å². The van der Waals surface area contributed by atoms with Crippen LogP contribution in [0.25, 0.3) is 39.0 Å². The van der Waals surface area contributed by atoms with E-state index in [1.807, 2.05) is 41.1 Å². The molecule has 0 unspecified atom stereocenters. The quantitative estimate of drug-likeness (QED) is 0.184. The zero-order chi connectivity index (χ0) is 25.4. The summed E-state index contributed by atoms with van der Waals surface area (Å²) in [7, 11) is -2.70. The molecule has 0 spiro atoms. The molecule has 0 saturated carbocycles. The van der Waals surface area contributed by atoms with Crippen LogP contribution in [-0.4, -0.2) is 34.6 Å². The summed E-state index contributed by atoms with van der Waals surface area (Å²) in [5, 5.41) is 11.9. The molecule has 0 radical (unpaired) electrons. The van der Waals surface area contributed by atoms with E-state index in [9.17, 15) is 23.1 Å². The van der Waals surface area contributed by atoms with E-state index in [1.54, 1.807) is 37.6 Å². The van der Waals surface area contributed by atoms with Gasteiger partial charge in [-0.2, -0.15) is 8.42 Å². The average molecular weight is 502 g/mol. The fraction of sp³-hybridized carbons (Fsp3) is 0.0385. The van der Waals surface area contributed by atoms with E-state index in [0.29, 0.717) is 11.2 Å². The third kappa shape index (κ3) is 4.30. The molecule has 1 N–H and O–H groups in total. The van der Waals surface area contributed by atoms with Gasteiger partial charge >= 0.3 is 0 Å². The Bertz CT molecular complexity index is 1690. The van der Waals surface area contributed by atoms with Gasteiger partial charge in [-0.1, -0.05) is 12.1 Å². The zero-order valence-corrected chi connectivity index (χ0v) is 19.7. The second-order valence-electron chi connectivity index (χ2n) is 8.01. The number of aromatic nitrogens is 2. The molecule has 10 heteroatoms. The van der Waals surface area contributed by atoms with E-state index < -0.39 is 15.0 Å². The van der Waals surface area contributed by atoms with Crippen molar-refractivity contribution in [1.29, 1.82) is 0 Å². The van der Waals surface area contributed by atoms with Gasteiger partial charge in [-0.25, -0.2) is 4.98 Å². The molecule has 0 atom stereocenters. The van der Waals surface area contributed by atoms with Gasteiger partial charge in [0.25, 0.3) is 15.8 Å². The van der Waals surface area contributed by atoms with Crippen molar-refractivity contribution in [2.75, 3.05) is 7.11 Å². The first-order chi connectivity index (χ1) is 17.2. The van der Waals surface area contributed by atoms with Crippen LogP contribution in [-0.2, 0) is 10.1 Å². The maximum Gasteiger partial charge on any atom is 0.294 e. The molecule has 0 bridgehead atoms. The maximum atomic E-state index is 11.4. The molecule has 36 heavy (non-hydrogen) atoms. The van der Waals surface area contributed by atoms with Crippen LogP contribution in [0.15, 0.2) is 96.2 Å². The predicted octanol–water partition coefficient (Wildman–Crippen LogP) is 5.52. The monoisotopic (exact) mass is 501 g/mol. The molecule has 2 aromatic heterocycles. The van der Waals surface area contributed by atoms with Gasteiger partial charge < -0.3 is 9.30 Å². The second-order valence-corrected chi connectivity index (χ2v) is 9.43. The van der Waals surface area contributed by atoms with E-state index in [-0.39, 0.29) is 10.6 Å². The van der Waals surface area contributed by atoms with E-state index >= 15 is 0 Å². The minimum Gasteiger partial charge on any atom is -0.497 e. The van der Waals surface area contributed by atoms with Gasteiger partial charge in [-0.3, -0.25) is 14.7 Å². The molecule has 5 rings (SSSR count). The lowest BCUT2D eigenvalue weighted by Gasteiger charge is -2.07. The second kappa shape index (κ2) is 8.91. The number of methoxy groups -OCH3 is 1. The van der Waals surface area contributed by atoms with Crippen LogP contribution in [0.3, 0.4) is 0 Å². The standard InChI is InChI=1S/C26H19N3O6S/c1-35-22-10-8-20(9-11-22)28-16-25(18-2-6-21(7-3-18)29(30)31)24-14-19(15-27-26(24)28)17-4-12-23(13-5-17)36(32,33)34/h2-16H,1H3,(H,32,33,34). The molecule has 3 aromatic carbocycles. The number of hydrogen-bond donors (Lipinski definition) is 1. The lowest BCUT2D eigenvalue weighted by Crippen LogP contribution is -1.97. The van der Waals surface area contributed by atoms with Crippen molar-refractivity contribution in [2.24, 2.45) is 0 Å². The lowest BCUT2D eigenvalue weighted by atomic mass is 10.0. The summed E-state index contributed by atoms with van der Waals surface area (Å²) in [5.41, 5.74) is 4.57. The summed E-state index contributed by atoms with van der Waals surface area (Å²) in [6.07, 6.45) is 3.61. The highest BCUT2D eigenvalue weighted by Gasteiger charge is 2.16. The Hall–Kier alpha value is -4.54. The van der Waals surface area contributed by atoms with Gasteiger partial charge in [0.15, 0.2) is 0 Å². The molecule has 0 aliphatic carbocycles. The number of nitro groups is 1. The van der Waals surface area contributed by atoms with Crippen molar-refractivity contribution in [2.45, 2.75) is 4.90 Å². The van der Waals surface area contributed by atoms with Crippen molar-refractivity contribution in [3.05, 3.63) is 101 Å². The summed E-state index contributed by atoms with van der Waals surface area (Å²) in [6, 6.07) is 21.6. The Morgan fingerprint density at radius 1 is 0.917 bits per heavy atom. The number of nitro benzene ring substituents is 1. The lowest BCUT2D eigenvalue weighted by molar-refractivity contribution is -0.384. The van der Waals surface area contributed by atoms with Crippen molar-refractivity contribution in [3.8, 4) is 33.7 Å². The fourth-order valence-corrected chi connectivity index (χ4v) is 4.50. The Labute approximate surface area is 206 Å². The molecule has 0 fully saturated rings.